The van der Waals surface area contributed by atoms with E-state index in [9.17, 15) is 17.6 Å². The predicted octanol–water partition coefficient (Wildman–Crippen LogP) is 3.80. The number of amides is 1. The molecule has 0 aliphatic rings. The van der Waals surface area contributed by atoms with Crippen molar-refractivity contribution in [1.29, 1.82) is 0 Å². The third-order valence-electron chi connectivity index (χ3n) is 4.91. The summed E-state index contributed by atoms with van der Waals surface area (Å²) >= 11 is 0. The molecule has 6 nitrogen and oxygen atoms in total. The summed E-state index contributed by atoms with van der Waals surface area (Å²) in [4.78, 5) is 14.5. The number of anilines is 1. The summed E-state index contributed by atoms with van der Waals surface area (Å²) in [6, 6.07) is 19.8. The summed E-state index contributed by atoms with van der Waals surface area (Å²) in [5.74, 6) is -0.702. The van der Waals surface area contributed by atoms with Crippen LogP contribution in [0, 0.1) is 12.7 Å². The van der Waals surface area contributed by atoms with Gasteiger partial charge in [0.2, 0.25) is 0 Å². The fourth-order valence-corrected chi connectivity index (χ4v) is 4.27. The average Bonchev–Trinajstić information content (AvgIpc) is 2.76. The van der Waals surface area contributed by atoms with Crippen molar-refractivity contribution >= 4 is 21.6 Å². The van der Waals surface area contributed by atoms with Gasteiger partial charge in [0.25, 0.3) is 15.9 Å². The summed E-state index contributed by atoms with van der Waals surface area (Å²) in [6.07, 6.45) is 0. The second-order valence-electron chi connectivity index (χ2n) is 7.57. The Kier molecular flexibility index (Phi) is 7.61. The van der Waals surface area contributed by atoms with Gasteiger partial charge < -0.3 is 10.2 Å². The Balaban J connectivity index is 1.52. The van der Waals surface area contributed by atoms with E-state index in [1.165, 1.54) is 36.8 Å². The molecule has 0 aliphatic heterocycles. The Morgan fingerprint density at radius 1 is 1.00 bits per heavy atom. The average molecular weight is 456 g/mol. The minimum Gasteiger partial charge on any atom is -0.351 e. The van der Waals surface area contributed by atoms with E-state index < -0.39 is 15.8 Å². The monoisotopic (exact) mass is 455 g/mol. The van der Waals surface area contributed by atoms with Crippen molar-refractivity contribution in [3.8, 4) is 0 Å². The summed E-state index contributed by atoms with van der Waals surface area (Å²) in [7, 11) is -1.87. The van der Waals surface area contributed by atoms with Crippen molar-refractivity contribution in [2.75, 3.05) is 24.9 Å². The second kappa shape index (κ2) is 10.4. The highest BCUT2D eigenvalue weighted by Gasteiger charge is 2.16. The van der Waals surface area contributed by atoms with Crippen molar-refractivity contribution < 1.29 is 17.6 Å². The predicted molar refractivity (Wildman–Crippen MR) is 123 cm³/mol. The van der Waals surface area contributed by atoms with Gasteiger partial charge in [0.15, 0.2) is 0 Å². The van der Waals surface area contributed by atoms with Crippen LogP contribution in [0.15, 0.2) is 77.7 Å². The van der Waals surface area contributed by atoms with E-state index in [1.807, 2.05) is 25.2 Å². The number of halogens is 1. The third-order valence-corrected chi connectivity index (χ3v) is 6.29. The molecule has 3 rings (SSSR count). The van der Waals surface area contributed by atoms with E-state index in [0.717, 1.165) is 12.6 Å². The van der Waals surface area contributed by atoms with E-state index in [0.29, 0.717) is 24.3 Å². The smallest absolute Gasteiger partial charge is 0.261 e. The first kappa shape index (κ1) is 23.4. The number of hydrogen-bond donors (Lipinski definition) is 2. The van der Waals surface area contributed by atoms with Gasteiger partial charge in [-0.15, -0.1) is 0 Å². The summed E-state index contributed by atoms with van der Waals surface area (Å²) in [5, 5.41) is 2.87. The molecule has 0 unspecified atom stereocenters. The Morgan fingerprint density at radius 2 is 1.69 bits per heavy atom. The zero-order chi connectivity index (χ0) is 23.1. The van der Waals surface area contributed by atoms with Crippen molar-refractivity contribution in [3.05, 3.63) is 95.3 Å². The third kappa shape index (κ3) is 6.38. The molecule has 0 aliphatic carbocycles. The molecular weight excluding hydrogens is 429 g/mol. The van der Waals surface area contributed by atoms with Crippen LogP contribution < -0.4 is 10.0 Å². The fraction of sp³-hybridized carbons (Fsp3) is 0.208. The van der Waals surface area contributed by atoms with Crippen LogP contribution in [0.2, 0.25) is 0 Å². The van der Waals surface area contributed by atoms with Gasteiger partial charge in [-0.05, 0) is 67.6 Å². The number of rotatable bonds is 9. The molecule has 0 bridgehead atoms. The van der Waals surface area contributed by atoms with Gasteiger partial charge in [0.05, 0.1) is 4.90 Å². The standard InChI is InChI=1S/C24H26FN3O3S/c1-18-16-22(12-13-23(18)25)32(30,31)27-21-10-8-20(9-11-21)24(29)26-14-15-28(2)17-19-6-4-3-5-7-19/h3-13,16,27H,14-15,17H2,1-2H3,(H,26,29). The molecule has 8 heteroatoms. The van der Waals surface area contributed by atoms with E-state index in [-0.39, 0.29) is 16.4 Å². The first-order chi connectivity index (χ1) is 15.2. The number of carbonyl (C=O) groups excluding carboxylic acids is 1. The maximum absolute atomic E-state index is 13.4. The zero-order valence-corrected chi connectivity index (χ0v) is 18.8. The fourth-order valence-electron chi connectivity index (χ4n) is 3.12. The van der Waals surface area contributed by atoms with Crippen molar-refractivity contribution in [1.82, 2.24) is 10.2 Å². The van der Waals surface area contributed by atoms with Crippen LogP contribution in [-0.4, -0.2) is 39.4 Å². The van der Waals surface area contributed by atoms with Gasteiger partial charge in [-0.1, -0.05) is 30.3 Å². The van der Waals surface area contributed by atoms with Crippen molar-refractivity contribution in [2.45, 2.75) is 18.4 Å². The van der Waals surface area contributed by atoms with Crippen LogP contribution in [0.4, 0.5) is 10.1 Å². The number of aryl methyl sites for hydroxylation is 1. The van der Waals surface area contributed by atoms with E-state index in [4.69, 9.17) is 0 Å². The molecule has 0 heterocycles. The maximum atomic E-state index is 13.4. The molecule has 0 radical (unpaired) electrons. The lowest BCUT2D eigenvalue weighted by atomic mass is 10.2. The molecule has 2 N–H and O–H groups in total. The number of carbonyl (C=O) groups is 1. The second-order valence-corrected chi connectivity index (χ2v) is 9.26. The SMILES string of the molecule is Cc1cc(S(=O)(=O)Nc2ccc(C(=O)NCCN(C)Cc3ccccc3)cc2)ccc1F. The van der Waals surface area contributed by atoms with E-state index in [2.05, 4.69) is 27.1 Å². The van der Waals surface area contributed by atoms with Crippen molar-refractivity contribution in [2.24, 2.45) is 0 Å². The molecule has 0 saturated carbocycles. The summed E-state index contributed by atoms with van der Waals surface area (Å²) in [6.45, 7) is 3.47. The molecule has 0 fully saturated rings. The van der Waals surface area contributed by atoms with Gasteiger partial charge in [-0.25, -0.2) is 12.8 Å². The quantitative estimate of drug-likeness (QED) is 0.515. The Labute approximate surface area is 188 Å². The van der Waals surface area contributed by atoms with Crippen LogP contribution in [-0.2, 0) is 16.6 Å². The lowest BCUT2D eigenvalue weighted by Gasteiger charge is -2.17. The Hall–Kier alpha value is -3.23. The molecule has 0 saturated heterocycles. The van der Waals surface area contributed by atoms with Gasteiger partial charge in [-0.2, -0.15) is 0 Å². The number of nitrogens with one attached hydrogen (secondary N) is 2. The van der Waals surface area contributed by atoms with Gasteiger partial charge >= 0.3 is 0 Å². The Morgan fingerprint density at radius 3 is 2.34 bits per heavy atom. The van der Waals surface area contributed by atoms with Gasteiger partial charge in [0.1, 0.15) is 5.82 Å². The molecule has 168 valence electrons. The van der Waals surface area contributed by atoms with Crippen LogP contribution in [0.3, 0.4) is 0 Å². The summed E-state index contributed by atoms with van der Waals surface area (Å²) in [5.41, 5.74) is 2.19. The largest absolute Gasteiger partial charge is 0.351 e. The minimum atomic E-state index is -3.86. The van der Waals surface area contributed by atoms with Crippen LogP contribution in [0.25, 0.3) is 0 Å². The summed E-state index contributed by atoms with van der Waals surface area (Å²) < 4.78 is 40.9. The lowest BCUT2D eigenvalue weighted by Crippen LogP contribution is -2.32. The highest BCUT2D eigenvalue weighted by Crippen LogP contribution is 2.19. The highest BCUT2D eigenvalue weighted by atomic mass is 32.2. The molecule has 3 aromatic rings. The molecule has 1 amide bonds. The molecule has 0 spiro atoms. The van der Waals surface area contributed by atoms with E-state index in [1.54, 1.807) is 12.1 Å². The lowest BCUT2D eigenvalue weighted by molar-refractivity contribution is 0.0949. The topological polar surface area (TPSA) is 78.5 Å². The zero-order valence-electron chi connectivity index (χ0n) is 18.0. The molecule has 0 atom stereocenters. The molecular formula is C24H26FN3O3S. The molecule has 3 aromatic carbocycles. The van der Waals surface area contributed by atoms with Crippen LogP contribution >= 0.6 is 0 Å². The number of benzene rings is 3. The molecule has 0 aromatic heterocycles. The number of nitrogens with zero attached hydrogens (tertiary/aromatic N) is 1. The maximum Gasteiger partial charge on any atom is 0.261 e. The number of hydrogen-bond acceptors (Lipinski definition) is 4. The van der Waals surface area contributed by atoms with Crippen molar-refractivity contribution in [3.63, 3.8) is 0 Å². The van der Waals surface area contributed by atoms with Crippen LogP contribution in [0.1, 0.15) is 21.5 Å². The number of likely N-dealkylation sites (N-methyl/N-ethyl adjacent to an activating group) is 1. The van der Waals surface area contributed by atoms with Crippen LogP contribution in [0.5, 0.6) is 0 Å². The first-order valence-corrected chi connectivity index (χ1v) is 11.6. The van der Waals surface area contributed by atoms with Gasteiger partial charge in [0, 0.05) is 30.9 Å². The Bertz CT molecular complexity index is 1170. The first-order valence-electron chi connectivity index (χ1n) is 10.1. The van der Waals surface area contributed by atoms with Gasteiger partial charge in [-0.3, -0.25) is 9.52 Å². The number of sulfonamides is 1. The normalized spacial score (nSPS) is 11.4. The molecule has 32 heavy (non-hydrogen) atoms. The highest BCUT2D eigenvalue weighted by molar-refractivity contribution is 7.92. The minimum absolute atomic E-state index is 0.0298. The van der Waals surface area contributed by atoms with E-state index >= 15 is 0 Å².